The molecule has 7 heteroatoms. The maximum absolute atomic E-state index is 12.4. The molecule has 0 radical (unpaired) electrons. The van der Waals surface area contributed by atoms with Gasteiger partial charge in [0.15, 0.2) is 13.1 Å². The minimum absolute atomic E-state index is 0.161. The number of rotatable bonds is 9. The molecule has 28 heavy (non-hydrogen) atoms. The second-order valence-electron chi connectivity index (χ2n) is 6.49. The number of anilines is 2. The van der Waals surface area contributed by atoms with E-state index in [4.69, 9.17) is 9.47 Å². The van der Waals surface area contributed by atoms with Gasteiger partial charge in [-0.3, -0.25) is 9.59 Å². The number of hydrogen-bond acceptors (Lipinski definition) is 4. The molecule has 0 bridgehead atoms. The number of carbonyl (C=O) groups is 2. The number of carbonyl (C=O) groups excluding carboxylic acids is 2. The lowest BCUT2D eigenvalue weighted by Crippen LogP contribution is -3.13. The van der Waals surface area contributed by atoms with E-state index in [0.717, 1.165) is 10.5 Å². The van der Waals surface area contributed by atoms with E-state index in [9.17, 15) is 9.59 Å². The lowest BCUT2D eigenvalue weighted by atomic mass is 10.2. The minimum atomic E-state index is -0.171. The van der Waals surface area contributed by atoms with Gasteiger partial charge in [-0.25, -0.2) is 0 Å². The zero-order chi connectivity index (χ0) is 20.5. The van der Waals surface area contributed by atoms with E-state index in [1.807, 2.05) is 44.2 Å². The highest BCUT2D eigenvalue weighted by atomic mass is 16.5. The third-order valence-corrected chi connectivity index (χ3v) is 4.30. The normalized spacial score (nSPS) is 11.4. The van der Waals surface area contributed by atoms with Gasteiger partial charge in [0.05, 0.1) is 26.5 Å². The van der Waals surface area contributed by atoms with Gasteiger partial charge in [-0.1, -0.05) is 12.1 Å². The molecule has 1 unspecified atom stereocenters. The van der Waals surface area contributed by atoms with Crippen LogP contribution in [-0.4, -0.2) is 45.7 Å². The summed E-state index contributed by atoms with van der Waals surface area (Å²) < 4.78 is 10.4. The van der Waals surface area contributed by atoms with Crippen molar-refractivity contribution in [3.05, 3.63) is 48.0 Å². The van der Waals surface area contributed by atoms with Crippen molar-refractivity contribution >= 4 is 23.2 Å². The van der Waals surface area contributed by atoms with Crippen LogP contribution in [0.15, 0.2) is 42.5 Å². The number of methoxy groups -OCH3 is 2. The van der Waals surface area contributed by atoms with Crippen LogP contribution in [0.1, 0.15) is 12.5 Å². The van der Waals surface area contributed by atoms with Crippen LogP contribution >= 0.6 is 0 Å². The maximum atomic E-state index is 12.4. The molecule has 0 spiro atoms. The van der Waals surface area contributed by atoms with Crippen LogP contribution in [0.4, 0.5) is 11.4 Å². The third kappa shape index (κ3) is 6.28. The highest BCUT2D eigenvalue weighted by Crippen LogP contribution is 2.24. The van der Waals surface area contributed by atoms with Crippen molar-refractivity contribution in [1.29, 1.82) is 0 Å². The molecule has 2 amide bonds. The Morgan fingerprint density at radius 2 is 1.68 bits per heavy atom. The van der Waals surface area contributed by atoms with E-state index in [1.54, 1.807) is 26.4 Å². The predicted molar refractivity (Wildman–Crippen MR) is 109 cm³/mol. The molecule has 0 fully saturated rings. The lowest BCUT2D eigenvalue weighted by Gasteiger charge is -2.18. The zero-order valence-corrected chi connectivity index (χ0v) is 16.8. The number of likely N-dealkylation sites (N-methyl/N-ethyl adjacent to an activating group) is 1. The fourth-order valence-electron chi connectivity index (χ4n) is 2.79. The van der Waals surface area contributed by atoms with Crippen LogP contribution in [0.5, 0.6) is 11.5 Å². The Hall–Kier alpha value is -3.06. The molecule has 3 N–H and O–H groups in total. The summed E-state index contributed by atoms with van der Waals surface area (Å²) in [6.07, 6.45) is 0. The van der Waals surface area contributed by atoms with Crippen LogP contribution in [0, 0.1) is 6.92 Å². The molecular weight excluding hydrogens is 358 g/mol. The highest BCUT2D eigenvalue weighted by molar-refractivity contribution is 5.94. The van der Waals surface area contributed by atoms with E-state index in [-0.39, 0.29) is 24.9 Å². The Morgan fingerprint density at radius 3 is 2.32 bits per heavy atom. The molecule has 0 aliphatic carbocycles. The van der Waals surface area contributed by atoms with Crippen LogP contribution < -0.4 is 25.0 Å². The number of ether oxygens (including phenoxy) is 2. The highest BCUT2D eigenvalue weighted by Gasteiger charge is 2.18. The first kappa shape index (κ1) is 21.2. The van der Waals surface area contributed by atoms with Gasteiger partial charge >= 0.3 is 0 Å². The van der Waals surface area contributed by atoms with Crippen molar-refractivity contribution in [3.8, 4) is 11.5 Å². The molecule has 0 saturated carbocycles. The number of aryl methyl sites for hydroxylation is 1. The van der Waals surface area contributed by atoms with Crippen LogP contribution in [0.25, 0.3) is 0 Å². The van der Waals surface area contributed by atoms with Crippen molar-refractivity contribution in [2.24, 2.45) is 0 Å². The standard InChI is InChI=1S/C21H27N3O4/c1-5-24(13-20(25)22-16-7-6-8-17(12-16)27-3)14-21(26)23-18-11-15(2)9-10-19(18)28-4/h6-12H,5,13-14H2,1-4H3,(H,22,25)(H,23,26)/p+1. The largest absolute Gasteiger partial charge is 0.497 e. The summed E-state index contributed by atoms with van der Waals surface area (Å²) in [4.78, 5) is 25.6. The van der Waals surface area contributed by atoms with Crippen molar-refractivity contribution < 1.29 is 24.0 Å². The molecule has 0 aromatic heterocycles. The van der Waals surface area contributed by atoms with Crippen LogP contribution in [0.2, 0.25) is 0 Å². The number of nitrogens with one attached hydrogen (secondary N) is 3. The van der Waals surface area contributed by atoms with Gasteiger partial charge in [0.2, 0.25) is 0 Å². The first-order valence-electron chi connectivity index (χ1n) is 9.17. The van der Waals surface area contributed by atoms with Crippen molar-refractivity contribution in [3.63, 3.8) is 0 Å². The summed E-state index contributed by atoms with van der Waals surface area (Å²) in [6.45, 7) is 4.89. The van der Waals surface area contributed by atoms with Gasteiger partial charge in [-0.15, -0.1) is 0 Å². The molecule has 0 aliphatic rings. The molecule has 2 rings (SSSR count). The Balaban J connectivity index is 1.93. The van der Waals surface area contributed by atoms with Gasteiger partial charge in [0, 0.05) is 11.8 Å². The summed E-state index contributed by atoms with van der Waals surface area (Å²) in [6, 6.07) is 12.8. The van der Waals surface area contributed by atoms with Gasteiger partial charge in [-0.2, -0.15) is 0 Å². The average molecular weight is 386 g/mol. The quantitative estimate of drug-likeness (QED) is 0.610. The van der Waals surface area contributed by atoms with E-state index >= 15 is 0 Å². The molecule has 0 aliphatic heterocycles. The Kier molecular flexibility index (Phi) is 7.83. The Bertz CT molecular complexity index is 823. The molecule has 1 atom stereocenters. The topological polar surface area (TPSA) is 81.1 Å². The van der Waals surface area contributed by atoms with E-state index in [0.29, 0.717) is 29.4 Å². The number of hydrogen-bond donors (Lipinski definition) is 3. The van der Waals surface area contributed by atoms with Crippen LogP contribution in [0.3, 0.4) is 0 Å². The zero-order valence-electron chi connectivity index (χ0n) is 16.8. The number of amides is 2. The smallest absolute Gasteiger partial charge is 0.279 e. The van der Waals surface area contributed by atoms with Crippen molar-refractivity contribution in [2.45, 2.75) is 13.8 Å². The van der Waals surface area contributed by atoms with Gasteiger partial charge in [-0.05, 0) is 43.7 Å². The monoisotopic (exact) mass is 386 g/mol. The van der Waals surface area contributed by atoms with Gasteiger partial charge in [0.25, 0.3) is 11.8 Å². The summed E-state index contributed by atoms with van der Waals surface area (Å²) >= 11 is 0. The molecule has 150 valence electrons. The molecule has 7 nitrogen and oxygen atoms in total. The molecule has 0 saturated heterocycles. The number of quaternary nitrogens is 1. The maximum Gasteiger partial charge on any atom is 0.279 e. The van der Waals surface area contributed by atoms with Crippen molar-refractivity contribution in [2.75, 3.05) is 44.5 Å². The van der Waals surface area contributed by atoms with Crippen molar-refractivity contribution in [1.82, 2.24) is 0 Å². The molecule has 2 aromatic carbocycles. The second kappa shape index (κ2) is 10.3. The minimum Gasteiger partial charge on any atom is -0.497 e. The fourth-order valence-corrected chi connectivity index (χ4v) is 2.79. The van der Waals surface area contributed by atoms with Gasteiger partial charge < -0.3 is 25.0 Å². The summed E-state index contributed by atoms with van der Waals surface area (Å²) in [7, 11) is 3.14. The first-order valence-corrected chi connectivity index (χ1v) is 9.17. The first-order chi connectivity index (χ1) is 13.4. The van der Waals surface area contributed by atoms with E-state index < -0.39 is 0 Å². The Morgan fingerprint density at radius 1 is 0.964 bits per heavy atom. The number of benzene rings is 2. The SMILES string of the molecule is CC[NH+](CC(=O)Nc1cccc(OC)c1)CC(=O)Nc1cc(C)ccc1OC. The summed E-state index contributed by atoms with van der Waals surface area (Å²) in [5, 5.41) is 5.71. The predicted octanol–water partition coefficient (Wildman–Crippen LogP) is 1.49. The molecule has 0 heterocycles. The lowest BCUT2D eigenvalue weighted by molar-refractivity contribution is -0.881. The second-order valence-corrected chi connectivity index (χ2v) is 6.49. The van der Waals surface area contributed by atoms with E-state index in [1.165, 1.54) is 0 Å². The van der Waals surface area contributed by atoms with Gasteiger partial charge in [0.1, 0.15) is 11.5 Å². The molecule has 2 aromatic rings. The third-order valence-electron chi connectivity index (χ3n) is 4.30. The fraction of sp³-hybridized carbons (Fsp3) is 0.333. The summed E-state index contributed by atoms with van der Waals surface area (Å²) in [5.41, 5.74) is 2.31. The summed E-state index contributed by atoms with van der Waals surface area (Å²) in [5.74, 6) is 0.942. The van der Waals surface area contributed by atoms with Crippen LogP contribution in [-0.2, 0) is 9.59 Å². The Labute approximate surface area is 165 Å². The van der Waals surface area contributed by atoms with E-state index in [2.05, 4.69) is 10.6 Å². The molecular formula is C21H28N3O4+. The average Bonchev–Trinajstić information content (AvgIpc) is 2.67.